The Hall–Kier alpha value is -3.65. The molecule has 2 aromatic carbocycles. The number of anilines is 1. The molecule has 0 bridgehead atoms. The van der Waals surface area contributed by atoms with E-state index in [0.29, 0.717) is 55.5 Å². The van der Waals surface area contributed by atoms with Crippen LogP contribution in [0.3, 0.4) is 0 Å². The highest BCUT2D eigenvalue weighted by Crippen LogP contribution is 2.32. The van der Waals surface area contributed by atoms with Gasteiger partial charge >= 0.3 is 0 Å². The van der Waals surface area contributed by atoms with E-state index in [1.807, 2.05) is 31.2 Å². The number of fused-ring (bicyclic) bond motifs is 2. The van der Waals surface area contributed by atoms with Crippen LogP contribution in [0.4, 0.5) is 10.1 Å². The minimum atomic E-state index is -0.174. The molecule has 194 valence electrons. The number of hydrogen-bond acceptors (Lipinski definition) is 6. The van der Waals surface area contributed by atoms with Crippen LogP contribution >= 0.6 is 0 Å². The summed E-state index contributed by atoms with van der Waals surface area (Å²) in [7, 11) is 1.77. The Morgan fingerprint density at radius 3 is 2.57 bits per heavy atom. The predicted molar refractivity (Wildman–Crippen MR) is 141 cm³/mol. The van der Waals surface area contributed by atoms with Crippen LogP contribution in [0.5, 0.6) is 17.4 Å². The van der Waals surface area contributed by atoms with Gasteiger partial charge in [0.1, 0.15) is 18.0 Å². The summed E-state index contributed by atoms with van der Waals surface area (Å²) in [6.45, 7) is 6.54. The van der Waals surface area contributed by atoms with Gasteiger partial charge < -0.3 is 19.3 Å². The first-order chi connectivity index (χ1) is 18.0. The fourth-order valence-electron chi connectivity index (χ4n) is 4.87. The summed E-state index contributed by atoms with van der Waals surface area (Å²) in [6.07, 6.45) is 3.82. The summed E-state index contributed by atoms with van der Waals surface area (Å²) in [5, 5.41) is 0. The molecule has 1 aromatic heterocycles. The Morgan fingerprint density at radius 1 is 0.973 bits per heavy atom. The van der Waals surface area contributed by atoms with E-state index < -0.39 is 0 Å². The van der Waals surface area contributed by atoms with Crippen molar-refractivity contribution in [3.05, 3.63) is 77.2 Å². The molecular weight excluding hydrogens is 471 g/mol. The molecule has 0 spiro atoms. The number of rotatable bonds is 3. The third-order valence-corrected chi connectivity index (χ3v) is 7.07. The average Bonchev–Trinajstić information content (AvgIpc) is 3.44. The molecule has 0 aliphatic carbocycles. The van der Waals surface area contributed by atoms with Crippen LogP contribution in [-0.4, -0.2) is 67.1 Å². The van der Waals surface area contributed by atoms with Gasteiger partial charge in [-0.3, -0.25) is 9.69 Å². The predicted octanol–water partition coefficient (Wildman–Crippen LogP) is 4.89. The molecule has 37 heavy (non-hydrogen) atoms. The second-order valence-corrected chi connectivity index (χ2v) is 9.68. The topological polar surface area (TPSA) is 58.1 Å². The highest BCUT2D eigenvalue weighted by atomic mass is 19.1. The number of aromatic nitrogens is 1. The number of carbonyl (C=O) groups is 1. The molecule has 3 heterocycles. The quantitative estimate of drug-likeness (QED) is 0.506. The largest absolute Gasteiger partial charge is 0.488 e. The van der Waals surface area contributed by atoms with Crippen molar-refractivity contribution in [1.29, 1.82) is 0 Å². The van der Waals surface area contributed by atoms with Crippen molar-refractivity contribution in [2.24, 2.45) is 0 Å². The molecule has 7 nitrogen and oxygen atoms in total. The minimum absolute atomic E-state index is 0.169. The summed E-state index contributed by atoms with van der Waals surface area (Å²) in [5.74, 6) is 0.982. The maximum Gasteiger partial charge on any atom is 0.259 e. The van der Waals surface area contributed by atoms with E-state index in [1.165, 1.54) is 0 Å². The Labute approximate surface area is 217 Å². The van der Waals surface area contributed by atoms with Gasteiger partial charge in [0.2, 0.25) is 5.88 Å². The van der Waals surface area contributed by atoms with E-state index in [2.05, 4.69) is 14.8 Å². The van der Waals surface area contributed by atoms with Gasteiger partial charge in [0.15, 0.2) is 11.5 Å². The normalized spacial score (nSPS) is 17.1. The smallest absolute Gasteiger partial charge is 0.259 e. The molecule has 2 aliphatic heterocycles. The van der Waals surface area contributed by atoms with Crippen LogP contribution in [0.25, 0.3) is 0 Å². The maximum atomic E-state index is 15.1. The number of halogens is 1. The van der Waals surface area contributed by atoms with Gasteiger partial charge in [-0.25, -0.2) is 9.37 Å². The van der Waals surface area contributed by atoms with Crippen LogP contribution in [0.1, 0.15) is 34.3 Å². The first kappa shape index (κ1) is 25.0. The highest BCUT2D eigenvalue weighted by Gasteiger charge is 2.22. The molecule has 1 saturated heterocycles. The van der Waals surface area contributed by atoms with Crippen LogP contribution in [0, 0.1) is 12.7 Å². The SMILES string of the molecule is Cc1cc(N2CCCC2)c(F)cc1CN1CCOc2ccccc2Oc2ncccc2C(=O)N(C)CC1. The molecule has 1 amide bonds. The second kappa shape index (κ2) is 11.2. The maximum absolute atomic E-state index is 15.1. The summed E-state index contributed by atoms with van der Waals surface area (Å²) in [5.41, 5.74) is 3.09. The zero-order chi connectivity index (χ0) is 25.8. The molecule has 0 atom stereocenters. The van der Waals surface area contributed by atoms with Crippen LogP contribution in [0.15, 0.2) is 54.7 Å². The molecule has 8 heteroatoms. The summed E-state index contributed by atoms with van der Waals surface area (Å²) < 4.78 is 27.2. The molecule has 0 unspecified atom stereocenters. The van der Waals surface area contributed by atoms with Gasteiger partial charge in [-0.15, -0.1) is 0 Å². The number of benzene rings is 2. The second-order valence-electron chi connectivity index (χ2n) is 9.68. The molecule has 1 fully saturated rings. The number of carbonyl (C=O) groups excluding carboxylic acids is 1. The van der Waals surface area contributed by atoms with Crippen LogP contribution < -0.4 is 14.4 Å². The van der Waals surface area contributed by atoms with E-state index in [9.17, 15) is 4.79 Å². The third-order valence-electron chi connectivity index (χ3n) is 7.07. The Balaban J connectivity index is 1.39. The number of hydrogen-bond donors (Lipinski definition) is 0. The zero-order valence-electron chi connectivity index (χ0n) is 21.5. The Morgan fingerprint density at radius 2 is 1.76 bits per heavy atom. The van der Waals surface area contributed by atoms with E-state index in [0.717, 1.165) is 37.1 Å². The highest BCUT2D eigenvalue weighted by molar-refractivity contribution is 5.96. The number of para-hydroxylation sites is 2. The monoisotopic (exact) mass is 504 g/mol. The Kier molecular flexibility index (Phi) is 7.55. The lowest BCUT2D eigenvalue weighted by Crippen LogP contribution is -2.38. The Bertz CT molecular complexity index is 1260. The van der Waals surface area contributed by atoms with Crippen LogP contribution in [-0.2, 0) is 6.54 Å². The fourth-order valence-corrected chi connectivity index (χ4v) is 4.87. The van der Waals surface area contributed by atoms with Gasteiger partial charge in [0, 0.05) is 52.5 Å². The lowest BCUT2D eigenvalue weighted by Gasteiger charge is -2.27. The first-order valence-electron chi connectivity index (χ1n) is 12.9. The van der Waals surface area contributed by atoms with Gasteiger partial charge in [-0.1, -0.05) is 12.1 Å². The zero-order valence-corrected chi connectivity index (χ0v) is 21.5. The van der Waals surface area contributed by atoms with E-state index in [-0.39, 0.29) is 17.6 Å². The standard InChI is InChI=1S/C29H33FN4O3/c1-21-18-25(34-12-5-6-13-34)24(30)19-22(21)20-33-15-14-32(2)29(35)23-8-7-11-31-28(23)37-27-10-4-3-9-26(27)36-17-16-33/h3-4,7-11,18-19H,5-6,12-17,20H2,1-2H3. The number of aryl methyl sites for hydroxylation is 1. The van der Waals surface area contributed by atoms with Crippen molar-refractivity contribution in [1.82, 2.24) is 14.8 Å². The first-order valence-corrected chi connectivity index (χ1v) is 12.9. The molecule has 0 radical (unpaired) electrons. The van der Waals surface area contributed by atoms with Crippen molar-refractivity contribution in [2.45, 2.75) is 26.3 Å². The summed E-state index contributed by atoms with van der Waals surface area (Å²) in [4.78, 5) is 23.6. The minimum Gasteiger partial charge on any atom is -0.488 e. The summed E-state index contributed by atoms with van der Waals surface area (Å²) >= 11 is 0. The number of nitrogens with zero attached hydrogens (tertiary/aromatic N) is 4. The number of likely N-dealkylation sites (N-methyl/N-ethyl adjacent to an activating group) is 1. The van der Waals surface area contributed by atoms with Gasteiger partial charge in [0.05, 0.1) is 5.69 Å². The van der Waals surface area contributed by atoms with Crippen molar-refractivity contribution in [3.8, 4) is 17.4 Å². The van der Waals surface area contributed by atoms with E-state index in [4.69, 9.17) is 9.47 Å². The van der Waals surface area contributed by atoms with E-state index in [1.54, 1.807) is 42.4 Å². The molecule has 5 rings (SSSR count). The van der Waals surface area contributed by atoms with Gasteiger partial charge in [-0.05, 0) is 67.3 Å². The molecular formula is C29H33FN4O3. The lowest BCUT2D eigenvalue weighted by molar-refractivity contribution is 0.0770. The average molecular weight is 505 g/mol. The lowest BCUT2D eigenvalue weighted by atomic mass is 10.1. The van der Waals surface area contributed by atoms with Crippen molar-refractivity contribution >= 4 is 11.6 Å². The fraction of sp³-hybridized carbons (Fsp3) is 0.379. The van der Waals surface area contributed by atoms with E-state index >= 15 is 4.39 Å². The van der Waals surface area contributed by atoms with Gasteiger partial charge in [-0.2, -0.15) is 0 Å². The van der Waals surface area contributed by atoms with Crippen molar-refractivity contribution in [3.63, 3.8) is 0 Å². The van der Waals surface area contributed by atoms with Gasteiger partial charge in [0.25, 0.3) is 5.91 Å². The van der Waals surface area contributed by atoms with Crippen molar-refractivity contribution < 1.29 is 18.7 Å². The summed E-state index contributed by atoms with van der Waals surface area (Å²) in [6, 6.07) is 14.5. The van der Waals surface area contributed by atoms with Crippen molar-refractivity contribution in [2.75, 3.05) is 51.3 Å². The van der Waals surface area contributed by atoms with Crippen LogP contribution in [0.2, 0.25) is 0 Å². The molecule has 0 saturated carbocycles. The number of pyridine rings is 1. The number of ether oxygens (including phenoxy) is 2. The molecule has 3 aromatic rings. The third kappa shape index (κ3) is 5.69. The number of amides is 1. The molecule has 2 aliphatic rings. The molecule has 0 N–H and O–H groups in total.